The van der Waals surface area contributed by atoms with Crippen LogP contribution in [0.2, 0.25) is 0 Å². The fourth-order valence-electron chi connectivity index (χ4n) is 1.28. The number of thioether (sulfide) groups is 1. The third-order valence-electron chi connectivity index (χ3n) is 2.27. The van der Waals surface area contributed by atoms with Crippen molar-refractivity contribution >= 4 is 29.6 Å². The average Bonchev–Trinajstić information content (AvgIpc) is 2.35. The maximum Gasteiger partial charge on any atom is 0.306 e. The van der Waals surface area contributed by atoms with Gasteiger partial charge in [-0.15, -0.1) is 0 Å². The molecule has 0 radical (unpaired) electrons. The zero-order chi connectivity index (χ0) is 14.4. The van der Waals surface area contributed by atoms with Crippen molar-refractivity contribution in [2.75, 3.05) is 31.8 Å². The molecule has 2 N–H and O–H groups in total. The second-order valence-electron chi connectivity index (χ2n) is 4.21. The Balaban J connectivity index is 2.60. The fraction of sp³-hybridized carbons (Fsp3) is 0.636. The van der Waals surface area contributed by atoms with E-state index in [1.165, 1.54) is 7.11 Å². The Hall–Kier alpha value is -1.57. The van der Waals surface area contributed by atoms with Gasteiger partial charge in [-0.1, -0.05) is 6.92 Å². The minimum Gasteiger partial charge on any atom is -0.469 e. The molecule has 1 aromatic heterocycles. The normalized spacial score (nSPS) is 12.0. The van der Waals surface area contributed by atoms with Gasteiger partial charge >= 0.3 is 5.97 Å². The number of rotatable bonds is 6. The van der Waals surface area contributed by atoms with Gasteiger partial charge in [0.15, 0.2) is 0 Å². The summed E-state index contributed by atoms with van der Waals surface area (Å²) in [4.78, 5) is 25.3. The van der Waals surface area contributed by atoms with Gasteiger partial charge in [0.2, 0.25) is 11.9 Å². The number of aromatic nitrogens is 3. The molecular weight excluding hydrogens is 266 g/mol. The van der Waals surface area contributed by atoms with Crippen molar-refractivity contribution in [3.05, 3.63) is 5.82 Å². The highest BCUT2D eigenvalue weighted by molar-refractivity contribution is 7.99. The molecule has 0 fully saturated rings. The molecule has 0 aliphatic carbocycles. The van der Waals surface area contributed by atoms with Crippen LogP contribution >= 0.6 is 11.8 Å². The molecule has 0 aromatic carbocycles. The smallest absolute Gasteiger partial charge is 0.306 e. The van der Waals surface area contributed by atoms with Crippen LogP contribution in [-0.4, -0.2) is 47.4 Å². The van der Waals surface area contributed by atoms with Gasteiger partial charge in [-0.25, -0.2) is 0 Å². The van der Waals surface area contributed by atoms with E-state index in [0.29, 0.717) is 23.9 Å². The molecule has 1 atom stereocenters. The maximum atomic E-state index is 11.1. The van der Waals surface area contributed by atoms with E-state index in [2.05, 4.69) is 19.7 Å². The Morgan fingerprint density at radius 3 is 2.68 bits per heavy atom. The van der Waals surface area contributed by atoms with Crippen molar-refractivity contribution in [1.82, 2.24) is 15.0 Å². The molecule has 0 spiro atoms. The summed E-state index contributed by atoms with van der Waals surface area (Å²) in [7, 11) is 5.06. The van der Waals surface area contributed by atoms with E-state index in [4.69, 9.17) is 5.73 Å². The van der Waals surface area contributed by atoms with Crippen LogP contribution in [0.5, 0.6) is 0 Å². The summed E-state index contributed by atoms with van der Waals surface area (Å²) in [6.07, 6.45) is 0.363. The molecule has 7 nitrogen and oxygen atoms in total. The first kappa shape index (κ1) is 15.5. The third-order valence-corrected chi connectivity index (χ3v) is 3.43. The van der Waals surface area contributed by atoms with Crippen LogP contribution in [0.4, 0.5) is 11.9 Å². The third kappa shape index (κ3) is 5.29. The van der Waals surface area contributed by atoms with Gasteiger partial charge in [0.05, 0.1) is 19.3 Å². The quantitative estimate of drug-likeness (QED) is 0.763. The molecule has 0 aliphatic rings. The monoisotopic (exact) mass is 285 g/mol. The van der Waals surface area contributed by atoms with Gasteiger partial charge in [0, 0.05) is 19.3 Å². The van der Waals surface area contributed by atoms with E-state index < -0.39 is 0 Å². The molecule has 19 heavy (non-hydrogen) atoms. The van der Waals surface area contributed by atoms with Crippen molar-refractivity contribution in [2.24, 2.45) is 0 Å². The molecule has 0 aliphatic heterocycles. The number of nitrogens with two attached hydrogens (primary N) is 1. The number of esters is 1. The molecule has 0 saturated carbocycles. The number of ether oxygens (including phenoxy) is 1. The molecule has 1 heterocycles. The highest BCUT2D eigenvalue weighted by Gasteiger charge is 2.12. The second kappa shape index (κ2) is 7.13. The topological polar surface area (TPSA) is 94.2 Å². The van der Waals surface area contributed by atoms with Crippen molar-refractivity contribution < 1.29 is 9.53 Å². The van der Waals surface area contributed by atoms with Crippen LogP contribution in [-0.2, 0) is 15.3 Å². The van der Waals surface area contributed by atoms with Crippen LogP contribution in [0, 0.1) is 0 Å². The number of methoxy groups -OCH3 is 1. The fourth-order valence-corrected chi connectivity index (χ4v) is 2.10. The Labute approximate surface area is 117 Å². The Morgan fingerprint density at radius 2 is 2.11 bits per heavy atom. The number of carbonyl (C=O) groups excluding carboxylic acids is 1. The SMILES string of the molecule is COC(=O)CC(C)SCc1nc(N)nc(N(C)C)n1. The van der Waals surface area contributed by atoms with E-state index >= 15 is 0 Å². The lowest BCUT2D eigenvalue weighted by molar-refractivity contribution is -0.140. The van der Waals surface area contributed by atoms with Gasteiger partial charge < -0.3 is 15.4 Å². The lowest BCUT2D eigenvalue weighted by atomic mass is 10.3. The lowest BCUT2D eigenvalue weighted by Gasteiger charge is -2.12. The molecule has 1 rings (SSSR count). The van der Waals surface area contributed by atoms with Crippen LogP contribution in [0.1, 0.15) is 19.2 Å². The van der Waals surface area contributed by atoms with Gasteiger partial charge in [-0.2, -0.15) is 26.7 Å². The summed E-state index contributed by atoms with van der Waals surface area (Å²) >= 11 is 1.57. The summed E-state index contributed by atoms with van der Waals surface area (Å²) in [5, 5.41) is 0.133. The molecule has 0 saturated heterocycles. The van der Waals surface area contributed by atoms with E-state index in [1.54, 1.807) is 16.7 Å². The first-order valence-electron chi connectivity index (χ1n) is 5.78. The van der Waals surface area contributed by atoms with E-state index in [9.17, 15) is 4.79 Å². The molecule has 8 heteroatoms. The van der Waals surface area contributed by atoms with Crippen molar-refractivity contribution in [3.63, 3.8) is 0 Å². The van der Waals surface area contributed by atoms with E-state index in [0.717, 1.165) is 0 Å². The Kier molecular flexibility index (Phi) is 5.81. The number of hydrogen-bond acceptors (Lipinski definition) is 8. The predicted octanol–water partition coefficient (Wildman–Crippen LogP) is 0.705. The van der Waals surface area contributed by atoms with Crippen LogP contribution in [0.3, 0.4) is 0 Å². The highest BCUT2D eigenvalue weighted by Crippen LogP contribution is 2.19. The predicted molar refractivity (Wildman–Crippen MR) is 76.0 cm³/mol. The standard InChI is InChI=1S/C11H19N5O2S/c1-7(5-9(17)18-4)19-6-8-13-10(12)15-11(14-8)16(2)3/h7H,5-6H2,1-4H3,(H2,12,13,14,15). The largest absolute Gasteiger partial charge is 0.469 e. The molecule has 1 unspecified atom stereocenters. The molecular formula is C11H19N5O2S. The van der Waals surface area contributed by atoms with Crippen LogP contribution in [0.15, 0.2) is 0 Å². The molecule has 1 aromatic rings. The summed E-state index contributed by atoms with van der Waals surface area (Å²) < 4.78 is 4.62. The van der Waals surface area contributed by atoms with Gasteiger partial charge in [0.25, 0.3) is 0 Å². The zero-order valence-electron chi connectivity index (χ0n) is 11.6. The number of hydrogen-bond donors (Lipinski definition) is 1. The Bertz CT molecular complexity index is 441. The summed E-state index contributed by atoms with van der Waals surface area (Å²) in [6, 6.07) is 0. The minimum atomic E-state index is -0.218. The van der Waals surface area contributed by atoms with Crippen LogP contribution in [0.25, 0.3) is 0 Å². The van der Waals surface area contributed by atoms with Crippen molar-refractivity contribution in [1.29, 1.82) is 0 Å². The average molecular weight is 285 g/mol. The summed E-state index contributed by atoms with van der Waals surface area (Å²) in [5.74, 6) is 1.70. The van der Waals surface area contributed by atoms with Gasteiger partial charge in [-0.3, -0.25) is 4.79 Å². The van der Waals surface area contributed by atoms with Gasteiger partial charge in [0.1, 0.15) is 5.82 Å². The van der Waals surface area contributed by atoms with Crippen molar-refractivity contribution in [3.8, 4) is 0 Å². The van der Waals surface area contributed by atoms with E-state index in [-0.39, 0.29) is 17.2 Å². The molecule has 106 valence electrons. The summed E-state index contributed by atoms with van der Waals surface area (Å²) in [5.41, 5.74) is 5.63. The van der Waals surface area contributed by atoms with Gasteiger partial charge in [-0.05, 0) is 0 Å². The zero-order valence-corrected chi connectivity index (χ0v) is 12.4. The minimum absolute atomic E-state index is 0.133. The van der Waals surface area contributed by atoms with Crippen LogP contribution < -0.4 is 10.6 Å². The maximum absolute atomic E-state index is 11.1. The van der Waals surface area contributed by atoms with Crippen molar-refractivity contribution in [2.45, 2.75) is 24.3 Å². The molecule has 0 bridgehead atoms. The molecule has 0 amide bonds. The first-order chi connectivity index (χ1) is 8.92. The first-order valence-corrected chi connectivity index (χ1v) is 6.83. The summed E-state index contributed by atoms with van der Waals surface area (Å²) in [6.45, 7) is 1.96. The lowest BCUT2D eigenvalue weighted by Crippen LogP contribution is -2.16. The number of anilines is 2. The number of nitrogens with zero attached hydrogens (tertiary/aromatic N) is 4. The number of nitrogen functional groups attached to an aromatic ring is 1. The second-order valence-corrected chi connectivity index (χ2v) is 5.63. The number of carbonyl (C=O) groups is 1. The van der Waals surface area contributed by atoms with E-state index in [1.807, 2.05) is 21.0 Å². The highest BCUT2D eigenvalue weighted by atomic mass is 32.2. The Morgan fingerprint density at radius 1 is 1.42 bits per heavy atom.